The SMILES string of the molecule is C#CCOc1c(C=Nn2c(CCCC)nc3ccc(Br)cc3c2=O)cc(Br)cc1OC. The number of fused-ring (bicyclic) bond motifs is 1. The molecule has 1 aromatic heterocycles. The van der Waals surface area contributed by atoms with Crippen molar-refractivity contribution in [3.05, 3.63) is 61.0 Å². The van der Waals surface area contributed by atoms with Crippen molar-refractivity contribution in [3.8, 4) is 23.8 Å². The van der Waals surface area contributed by atoms with E-state index in [-0.39, 0.29) is 12.2 Å². The summed E-state index contributed by atoms with van der Waals surface area (Å²) >= 11 is 6.88. The van der Waals surface area contributed by atoms with Crippen LogP contribution in [0.25, 0.3) is 10.9 Å². The molecule has 0 amide bonds. The Morgan fingerprint density at radius 1 is 1.26 bits per heavy atom. The van der Waals surface area contributed by atoms with Crippen LogP contribution in [0.4, 0.5) is 0 Å². The zero-order valence-electron chi connectivity index (χ0n) is 17.2. The van der Waals surface area contributed by atoms with Crippen LogP contribution in [-0.2, 0) is 6.42 Å². The van der Waals surface area contributed by atoms with Crippen molar-refractivity contribution in [2.24, 2.45) is 5.10 Å². The topological polar surface area (TPSA) is 65.7 Å². The van der Waals surface area contributed by atoms with Gasteiger partial charge in [-0.1, -0.05) is 51.1 Å². The number of terminal acetylenes is 1. The van der Waals surface area contributed by atoms with Gasteiger partial charge in [-0.15, -0.1) is 6.42 Å². The molecule has 0 unspecified atom stereocenters. The summed E-state index contributed by atoms with van der Waals surface area (Å²) in [4.78, 5) is 17.9. The minimum absolute atomic E-state index is 0.0755. The number of nitrogens with zero attached hydrogens (tertiary/aromatic N) is 3. The zero-order chi connectivity index (χ0) is 22.4. The molecule has 0 fully saturated rings. The monoisotopic (exact) mass is 545 g/mol. The fraction of sp³-hybridized carbons (Fsp3) is 0.261. The molecule has 8 heteroatoms. The summed E-state index contributed by atoms with van der Waals surface area (Å²) in [6, 6.07) is 9.05. The van der Waals surface area contributed by atoms with E-state index in [0.29, 0.717) is 40.2 Å². The van der Waals surface area contributed by atoms with Crippen LogP contribution in [0.3, 0.4) is 0 Å². The molecule has 0 saturated heterocycles. The molecule has 0 bridgehead atoms. The number of aryl methyl sites for hydroxylation is 1. The number of hydrogen-bond donors (Lipinski definition) is 0. The molecule has 3 rings (SSSR count). The van der Waals surface area contributed by atoms with Crippen LogP contribution in [0.15, 0.2) is 49.2 Å². The summed E-state index contributed by atoms with van der Waals surface area (Å²) in [5.74, 6) is 4.00. The first-order valence-electron chi connectivity index (χ1n) is 9.67. The van der Waals surface area contributed by atoms with Crippen LogP contribution in [0.2, 0.25) is 0 Å². The van der Waals surface area contributed by atoms with E-state index in [1.54, 1.807) is 25.5 Å². The molecule has 0 radical (unpaired) electrons. The summed E-state index contributed by atoms with van der Waals surface area (Å²) in [5.41, 5.74) is 1.03. The lowest BCUT2D eigenvalue weighted by Crippen LogP contribution is -2.22. The van der Waals surface area contributed by atoms with E-state index >= 15 is 0 Å². The van der Waals surface area contributed by atoms with Gasteiger partial charge in [-0.05, 0) is 36.8 Å². The van der Waals surface area contributed by atoms with Gasteiger partial charge in [0.1, 0.15) is 12.4 Å². The number of halogens is 2. The number of benzene rings is 2. The first-order chi connectivity index (χ1) is 15.0. The zero-order valence-corrected chi connectivity index (χ0v) is 20.4. The fourth-order valence-electron chi connectivity index (χ4n) is 3.04. The van der Waals surface area contributed by atoms with Gasteiger partial charge in [-0.2, -0.15) is 9.78 Å². The maximum atomic E-state index is 13.2. The highest BCUT2D eigenvalue weighted by molar-refractivity contribution is 9.10. The van der Waals surface area contributed by atoms with E-state index in [1.165, 1.54) is 4.68 Å². The van der Waals surface area contributed by atoms with Gasteiger partial charge in [0.2, 0.25) is 0 Å². The van der Waals surface area contributed by atoms with Crippen molar-refractivity contribution < 1.29 is 9.47 Å². The maximum Gasteiger partial charge on any atom is 0.282 e. The predicted molar refractivity (Wildman–Crippen MR) is 130 cm³/mol. The maximum absolute atomic E-state index is 13.2. The molecule has 1 heterocycles. The van der Waals surface area contributed by atoms with E-state index in [4.69, 9.17) is 15.9 Å². The van der Waals surface area contributed by atoms with E-state index in [1.807, 2.05) is 18.2 Å². The number of rotatable bonds is 8. The quantitative estimate of drug-likeness (QED) is 0.289. The number of aromatic nitrogens is 2. The van der Waals surface area contributed by atoms with Crippen LogP contribution in [0.1, 0.15) is 31.2 Å². The van der Waals surface area contributed by atoms with Gasteiger partial charge in [-0.25, -0.2) is 4.98 Å². The number of ether oxygens (including phenoxy) is 2. The Morgan fingerprint density at radius 3 is 2.77 bits per heavy atom. The van der Waals surface area contributed by atoms with Gasteiger partial charge in [0.05, 0.1) is 24.2 Å². The van der Waals surface area contributed by atoms with Crippen LogP contribution < -0.4 is 15.0 Å². The van der Waals surface area contributed by atoms with Crippen molar-refractivity contribution in [2.75, 3.05) is 13.7 Å². The highest BCUT2D eigenvalue weighted by atomic mass is 79.9. The molecule has 2 aromatic carbocycles. The normalized spacial score (nSPS) is 11.1. The molecule has 0 aliphatic heterocycles. The molecule has 0 atom stereocenters. The van der Waals surface area contributed by atoms with Gasteiger partial charge in [-0.3, -0.25) is 4.79 Å². The Hall–Kier alpha value is -2.63. The highest BCUT2D eigenvalue weighted by Crippen LogP contribution is 2.34. The molecule has 0 aliphatic carbocycles. The minimum Gasteiger partial charge on any atom is -0.493 e. The first kappa shape index (κ1) is 23.0. The van der Waals surface area contributed by atoms with Crippen molar-refractivity contribution in [1.82, 2.24) is 9.66 Å². The smallest absolute Gasteiger partial charge is 0.282 e. The van der Waals surface area contributed by atoms with Crippen molar-refractivity contribution in [1.29, 1.82) is 0 Å². The summed E-state index contributed by atoms with van der Waals surface area (Å²) in [7, 11) is 1.55. The van der Waals surface area contributed by atoms with E-state index < -0.39 is 0 Å². The van der Waals surface area contributed by atoms with Gasteiger partial charge < -0.3 is 9.47 Å². The Balaban J connectivity index is 2.16. The summed E-state index contributed by atoms with van der Waals surface area (Å²) in [5, 5.41) is 4.98. The van der Waals surface area contributed by atoms with Gasteiger partial charge in [0, 0.05) is 20.9 Å². The lowest BCUT2D eigenvalue weighted by molar-refractivity contribution is 0.330. The average molecular weight is 547 g/mol. The van der Waals surface area contributed by atoms with Crippen molar-refractivity contribution in [3.63, 3.8) is 0 Å². The second kappa shape index (κ2) is 10.6. The third kappa shape index (κ3) is 5.35. The van der Waals surface area contributed by atoms with Gasteiger partial charge in [0.25, 0.3) is 5.56 Å². The molecule has 6 nitrogen and oxygen atoms in total. The molecular formula is C23H21Br2N3O3. The molecule has 0 saturated carbocycles. The molecule has 0 N–H and O–H groups in total. The number of methoxy groups -OCH3 is 1. The molecular weight excluding hydrogens is 526 g/mol. The number of unbranched alkanes of at least 4 members (excludes halogenated alkanes) is 1. The highest BCUT2D eigenvalue weighted by Gasteiger charge is 2.14. The van der Waals surface area contributed by atoms with Crippen molar-refractivity contribution >= 4 is 49.0 Å². The van der Waals surface area contributed by atoms with Gasteiger partial charge in [0.15, 0.2) is 11.5 Å². The Morgan fingerprint density at radius 2 is 2.06 bits per heavy atom. The standard InChI is InChI=1S/C23H21Br2N3O3/c1-4-6-7-21-27-19-9-8-16(24)12-18(19)23(29)28(21)26-14-15-11-17(25)13-20(30-3)22(15)31-10-5-2/h2,8-9,11-14H,4,6-7,10H2,1,3H3. The molecule has 160 valence electrons. The Kier molecular flexibility index (Phi) is 7.88. The minimum atomic E-state index is -0.235. The summed E-state index contributed by atoms with van der Waals surface area (Å²) in [6.07, 6.45) is 9.41. The second-order valence-electron chi connectivity index (χ2n) is 6.67. The molecule has 3 aromatic rings. The summed E-state index contributed by atoms with van der Waals surface area (Å²) in [6.45, 7) is 2.17. The fourth-order valence-corrected chi connectivity index (χ4v) is 3.85. The van der Waals surface area contributed by atoms with Crippen LogP contribution in [0, 0.1) is 12.3 Å². The summed E-state index contributed by atoms with van der Waals surface area (Å²) < 4.78 is 14.0. The Labute approximate surface area is 197 Å². The second-order valence-corrected chi connectivity index (χ2v) is 8.51. The Bertz CT molecular complexity index is 1230. The van der Waals surface area contributed by atoms with Crippen molar-refractivity contribution in [2.45, 2.75) is 26.2 Å². The van der Waals surface area contributed by atoms with Crippen LogP contribution in [-0.4, -0.2) is 29.6 Å². The molecule has 0 spiro atoms. The average Bonchev–Trinajstić information content (AvgIpc) is 2.76. The van der Waals surface area contributed by atoms with E-state index in [9.17, 15) is 4.79 Å². The largest absolute Gasteiger partial charge is 0.493 e. The number of hydrogen-bond acceptors (Lipinski definition) is 5. The predicted octanol–water partition coefficient (Wildman–Crippen LogP) is 5.17. The molecule has 31 heavy (non-hydrogen) atoms. The first-order valence-corrected chi connectivity index (χ1v) is 11.3. The molecule has 0 aliphatic rings. The third-order valence-electron chi connectivity index (χ3n) is 4.51. The van der Waals surface area contributed by atoms with Crippen LogP contribution in [0.5, 0.6) is 11.5 Å². The third-order valence-corrected chi connectivity index (χ3v) is 5.46. The van der Waals surface area contributed by atoms with Gasteiger partial charge >= 0.3 is 0 Å². The van der Waals surface area contributed by atoms with E-state index in [2.05, 4.69) is 54.8 Å². The lowest BCUT2D eigenvalue weighted by atomic mass is 10.2. The lowest BCUT2D eigenvalue weighted by Gasteiger charge is -2.13. The van der Waals surface area contributed by atoms with E-state index in [0.717, 1.165) is 21.8 Å². The van der Waals surface area contributed by atoms with Crippen LogP contribution >= 0.6 is 31.9 Å².